The molecule has 1 rings (SSSR count). The zero-order valence-electron chi connectivity index (χ0n) is 8.71. The lowest BCUT2D eigenvalue weighted by Crippen LogP contribution is -2.41. The summed E-state index contributed by atoms with van der Waals surface area (Å²) >= 11 is 0. The van der Waals surface area contributed by atoms with Crippen LogP contribution in [0.15, 0.2) is 0 Å². The summed E-state index contributed by atoms with van der Waals surface area (Å²) in [6.45, 7) is 2.56. The predicted molar refractivity (Wildman–Crippen MR) is 52.6 cm³/mol. The Labute approximate surface area is 79.9 Å². The quantitative estimate of drug-likeness (QED) is 0.636. The van der Waals surface area contributed by atoms with Gasteiger partial charge in [0.1, 0.15) is 0 Å². The zero-order chi connectivity index (χ0) is 9.84. The number of carbonyl (C=O) groups excluding carboxylic acids is 1. The fraction of sp³-hybridized carbons (Fsp3) is 0.889. The van der Waals surface area contributed by atoms with Gasteiger partial charge in [0.25, 0.3) is 0 Å². The molecule has 0 aromatic rings. The van der Waals surface area contributed by atoms with Crippen LogP contribution >= 0.6 is 0 Å². The van der Waals surface area contributed by atoms with Gasteiger partial charge in [0, 0.05) is 12.6 Å². The minimum absolute atomic E-state index is 0.130. The summed E-state index contributed by atoms with van der Waals surface area (Å²) < 4.78 is 0. The molecule has 0 radical (unpaired) electrons. The van der Waals surface area contributed by atoms with Crippen LogP contribution in [-0.2, 0) is 4.79 Å². The SMILES string of the molecule is CN(C)CC(=O)N[C@@H]1CCN(C)C1. The monoisotopic (exact) mass is 185 g/mol. The Morgan fingerprint density at radius 2 is 2.31 bits per heavy atom. The molecule has 76 valence electrons. The van der Waals surface area contributed by atoms with E-state index in [9.17, 15) is 4.79 Å². The van der Waals surface area contributed by atoms with Crippen molar-refractivity contribution in [3.05, 3.63) is 0 Å². The highest BCUT2D eigenvalue weighted by Gasteiger charge is 2.20. The number of nitrogens with zero attached hydrogens (tertiary/aromatic N) is 2. The van der Waals surface area contributed by atoms with Crippen molar-refractivity contribution in [2.45, 2.75) is 12.5 Å². The van der Waals surface area contributed by atoms with Gasteiger partial charge in [0.15, 0.2) is 0 Å². The van der Waals surface area contributed by atoms with Crippen molar-refractivity contribution in [3.8, 4) is 0 Å². The molecular weight excluding hydrogens is 166 g/mol. The molecule has 0 saturated carbocycles. The van der Waals surface area contributed by atoms with Crippen LogP contribution in [0.25, 0.3) is 0 Å². The number of rotatable bonds is 3. The first-order valence-corrected chi connectivity index (χ1v) is 4.70. The summed E-state index contributed by atoms with van der Waals surface area (Å²) in [6, 6.07) is 0.359. The maximum atomic E-state index is 11.3. The zero-order valence-corrected chi connectivity index (χ0v) is 8.71. The topological polar surface area (TPSA) is 35.6 Å². The highest BCUT2D eigenvalue weighted by atomic mass is 16.2. The van der Waals surface area contributed by atoms with E-state index >= 15 is 0 Å². The smallest absolute Gasteiger partial charge is 0.234 e. The van der Waals surface area contributed by atoms with Crippen LogP contribution in [0.1, 0.15) is 6.42 Å². The number of hydrogen-bond donors (Lipinski definition) is 1. The fourth-order valence-electron chi connectivity index (χ4n) is 1.61. The third kappa shape index (κ3) is 3.74. The van der Waals surface area contributed by atoms with Crippen molar-refractivity contribution in [3.63, 3.8) is 0 Å². The van der Waals surface area contributed by atoms with Crippen LogP contribution in [-0.4, -0.2) is 62.5 Å². The largest absolute Gasteiger partial charge is 0.351 e. The molecule has 0 aromatic carbocycles. The lowest BCUT2D eigenvalue weighted by atomic mass is 10.2. The van der Waals surface area contributed by atoms with Crippen molar-refractivity contribution in [1.82, 2.24) is 15.1 Å². The Morgan fingerprint density at radius 1 is 1.62 bits per heavy atom. The summed E-state index contributed by atoms with van der Waals surface area (Å²) in [4.78, 5) is 15.5. The van der Waals surface area contributed by atoms with E-state index in [1.807, 2.05) is 19.0 Å². The van der Waals surface area contributed by atoms with Crippen molar-refractivity contribution in [2.24, 2.45) is 0 Å². The van der Waals surface area contributed by atoms with Crippen molar-refractivity contribution in [2.75, 3.05) is 40.8 Å². The minimum atomic E-state index is 0.130. The predicted octanol–water partition coefficient (Wildman–Crippen LogP) is -0.632. The number of nitrogens with one attached hydrogen (secondary N) is 1. The Kier molecular flexibility index (Phi) is 3.69. The molecule has 1 N–H and O–H groups in total. The van der Waals surface area contributed by atoms with Crippen LogP contribution in [0.5, 0.6) is 0 Å². The van der Waals surface area contributed by atoms with Crippen molar-refractivity contribution >= 4 is 5.91 Å². The molecule has 0 unspecified atom stereocenters. The first kappa shape index (κ1) is 10.5. The fourth-order valence-corrected chi connectivity index (χ4v) is 1.61. The number of carbonyl (C=O) groups is 1. The van der Waals surface area contributed by atoms with E-state index < -0.39 is 0 Å². The van der Waals surface area contributed by atoms with Crippen LogP contribution in [0, 0.1) is 0 Å². The molecule has 1 heterocycles. The van der Waals surface area contributed by atoms with Crippen LogP contribution in [0.2, 0.25) is 0 Å². The molecule has 13 heavy (non-hydrogen) atoms. The van der Waals surface area contributed by atoms with Gasteiger partial charge >= 0.3 is 0 Å². The number of likely N-dealkylation sites (N-methyl/N-ethyl adjacent to an activating group) is 2. The van der Waals surface area contributed by atoms with Gasteiger partial charge in [-0.3, -0.25) is 4.79 Å². The molecule has 0 spiro atoms. The average molecular weight is 185 g/mol. The van der Waals surface area contributed by atoms with Crippen LogP contribution < -0.4 is 5.32 Å². The van der Waals surface area contributed by atoms with E-state index in [1.54, 1.807) is 0 Å². The summed E-state index contributed by atoms with van der Waals surface area (Å²) in [6.07, 6.45) is 1.08. The van der Waals surface area contributed by atoms with Gasteiger partial charge in [-0.05, 0) is 34.1 Å². The number of hydrogen-bond acceptors (Lipinski definition) is 3. The van der Waals surface area contributed by atoms with Gasteiger partial charge < -0.3 is 15.1 Å². The lowest BCUT2D eigenvalue weighted by molar-refractivity contribution is -0.122. The van der Waals surface area contributed by atoms with E-state index in [4.69, 9.17) is 0 Å². The average Bonchev–Trinajstić information content (AvgIpc) is 2.33. The van der Waals surface area contributed by atoms with Gasteiger partial charge in [-0.15, -0.1) is 0 Å². The van der Waals surface area contributed by atoms with E-state index in [2.05, 4.69) is 17.3 Å². The maximum Gasteiger partial charge on any atom is 0.234 e. The molecule has 4 heteroatoms. The second-order valence-corrected chi connectivity index (χ2v) is 4.05. The van der Waals surface area contributed by atoms with Gasteiger partial charge in [-0.1, -0.05) is 0 Å². The van der Waals surface area contributed by atoms with Crippen molar-refractivity contribution < 1.29 is 4.79 Å². The Bertz CT molecular complexity index is 182. The molecule has 0 aromatic heterocycles. The Balaban J connectivity index is 2.21. The minimum Gasteiger partial charge on any atom is -0.351 e. The molecule has 1 atom stereocenters. The first-order valence-electron chi connectivity index (χ1n) is 4.70. The van der Waals surface area contributed by atoms with Crippen LogP contribution in [0.4, 0.5) is 0 Å². The number of likely N-dealkylation sites (tertiary alicyclic amines) is 1. The normalized spacial score (nSPS) is 23.8. The molecular formula is C9H19N3O. The van der Waals surface area contributed by atoms with Crippen LogP contribution in [0.3, 0.4) is 0 Å². The second kappa shape index (κ2) is 4.58. The summed E-state index contributed by atoms with van der Waals surface area (Å²) in [7, 11) is 5.89. The van der Waals surface area contributed by atoms with E-state index in [0.29, 0.717) is 12.6 Å². The summed E-state index contributed by atoms with van der Waals surface area (Å²) in [5, 5.41) is 3.02. The van der Waals surface area contributed by atoms with E-state index in [1.165, 1.54) is 0 Å². The third-order valence-electron chi connectivity index (χ3n) is 2.22. The highest BCUT2D eigenvalue weighted by molar-refractivity contribution is 5.78. The standard InChI is InChI=1S/C9H19N3O/c1-11(2)7-9(13)10-8-4-5-12(3)6-8/h8H,4-7H2,1-3H3,(H,10,13)/t8-/m1/s1. The highest BCUT2D eigenvalue weighted by Crippen LogP contribution is 2.05. The summed E-state index contributed by atoms with van der Waals surface area (Å²) in [5.41, 5.74) is 0. The molecule has 1 aliphatic heterocycles. The summed E-state index contributed by atoms with van der Waals surface area (Å²) in [5.74, 6) is 0.130. The van der Waals surface area contributed by atoms with Gasteiger partial charge in [0.05, 0.1) is 6.54 Å². The van der Waals surface area contributed by atoms with Gasteiger partial charge in [0.2, 0.25) is 5.91 Å². The molecule has 1 fully saturated rings. The molecule has 0 aliphatic carbocycles. The third-order valence-corrected chi connectivity index (χ3v) is 2.22. The molecule has 1 saturated heterocycles. The maximum absolute atomic E-state index is 11.3. The second-order valence-electron chi connectivity index (χ2n) is 4.05. The molecule has 1 amide bonds. The Hall–Kier alpha value is -0.610. The molecule has 4 nitrogen and oxygen atoms in total. The Morgan fingerprint density at radius 3 is 2.77 bits per heavy atom. The lowest BCUT2D eigenvalue weighted by Gasteiger charge is -2.15. The van der Waals surface area contributed by atoms with Gasteiger partial charge in [-0.25, -0.2) is 0 Å². The van der Waals surface area contributed by atoms with Gasteiger partial charge in [-0.2, -0.15) is 0 Å². The van der Waals surface area contributed by atoms with Crippen molar-refractivity contribution in [1.29, 1.82) is 0 Å². The molecule has 1 aliphatic rings. The number of amides is 1. The van der Waals surface area contributed by atoms with E-state index in [-0.39, 0.29) is 5.91 Å². The molecule has 0 bridgehead atoms. The van der Waals surface area contributed by atoms with E-state index in [0.717, 1.165) is 19.5 Å². The first-order chi connectivity index (χ1) is 6.08.